The summed E-state index contributed by atoms with van der Waals surface area (Å²) in [5.74, 6) is 1.33. The number of urea groups is 1. The molecule has 1 fully saturated rings. The van der Waals surface area contributed by atoms with E-state index in [-0.39, 0.29) is 30.8 Å². The first-order chi connectivity index (χ1) is 25.5. The zero-order valence-electron chi connectivity index (χ0n) is 28.9. The Morgan fingerprint density at radius 3 is 1.88 bits per heavy atom. The van der Waals surface area contributed by atoms with Gasteiger partial charge in [0.25, 0.3) is 5.22 Å². The molecule has 0 bridgehead atoms. The van der Waals surface area contributed by atoms with Gasteiger partial charge in [-0.1, -0.05) is 158 Å². The van der Waals surface area contributed by atoms with E-state index in [1.165, 1.54) is 11.8 Å². The molecule has 52 heavy (non-hydrogen) atoms. The molecule has 7 rings (SSSR count). The third-order valence-corrected chi connectivity index (χ3v) is 10.1. The van der Waals surface area contributed by atoms with E-state index in [1.54, 1.807) is 0 Å². The third-order valence-electron chi connectivity index (χ3n) is 9.19. The van der Waals surface area contributed by atoms with Crippen molar-refractivity contribution in [3.05, 3.63) is 167 Å². The van der Waals surface area contributed by atoms with Gasteiger partial charge in [0.2, 0.25) is 0 Å². The van der Waals surface area contributed by atoms with E-state index in [0.717, 1.165) is 50.4 Å². The van der Waals surface area contributed by atoms with Crippen LogP contribution in [0.2, 0.25) is 0 Å². The standard InChI is InChI=1S/C43H41N3O5S/c1-29-37(28-52-43-46-38(33-13-7-3-8-14-33)40(51-43)34-15-9-4-10-16-34)49-41(50-39(29)35-21-19-32(27-47)20-22-35)36-23-17-31(18-24-36)26-45-42(48)44-25-30-11-5-2-6-12-30/h2-24,29,37,39,41,47H,25-28H2,1H3,(H2,44,45,48)/t29-,37+,39+,41+/m0/s1. The Morgan fingerprint density at radius 2 is 1.25 bits per heavy atom. The summed E-state index contributed by atoms with van der Waals surface area (Å²) in [7, 11) is 0. The van der Waals surface area contributed by atoms with Crippen molar-refractivity contribution in [1.29, 1.82) is 0 Å². The minimum atomic E-state index is -0.621. The Hall–Kier alpha value is -5.19. The van der Waals surface area contributed by atoms with Gasteiger partial charge < -0.3 is 29.6 Å². The summed E-state index contributed by atoms with van der Waals surface area (Å²) in [6.07, 6.45) is -1.07. The topological polar surface area (TPSA) is 106 Å². The molecule has 0 saturated carbocycles. The van der Waals surface area contributed by atoms with Gasteiger partial charge >= 0.3 is 6.03 Å². The van der Waals surface area contributed by atoms with Crippen molar-refractivity contribution in [1.82, 2.24) is 15.6 Å². The van der Waals surface area contributed by atoms with Crippen LogP contribution in [0, 0.1) is 5.92 Å². The number of hydrogen-bond donors (Lipinski definition) is 3. The minimum absolute atomic E-state index is 0.00116. The first-order valence-electron chi connectivity index (χ1n) is 17.4. The van der Waals surface area contributed by atoms with Crippen molar-refractivity contribution in [3.8, 4) is 22.6 Å². The quantitative estimate of drug-likeness (QED) is 0.109. The van der Waals surface area contributed by atoms with Gasteiger partial charge in [-0.25, -0.2) is 9.78 Å². The van der Waals surface area contributed by atoms with Crippen LogP contribution in [0.15, 0.2) is 149 Å². The molecule has 0 aliphatic carbocycles. The molecule has 8 nitrogen and oxygen atoms in total. The van der Waals surface area contributed by atoms with Crippen LogP contribution in [0.5, 0.6) is 0 Å². The molecule has 6 aromatic rings. The summed E-state index contributed by atoms with van der Waals surface area (Å²) >= 11 is 1.53. The lowest BCUT2D eigenvalue weighted by atomic mass is 9.91. The van der Waals surface area contributed by atoms with Gasteiger partial charge in [-0.2, -0.15) is 0 Å². The van der Waals surface area contributed by atoms with Crippen molar-refractivity contribution in [3.63, 3.8) is 0 Å². The van der Waals surface area contributed by atoms with Gasteiger partial charge in [-0.15, -0.1) is 0 Å². The van der Waals surface area contributed by atoms with E-state index in [9.17, 15) is 9.90 Å². The molecule has 1 aliphatic heterocycles. The highest BCUT2D eigenvalue weighted by Gasteiger charge is 2.38. The number of rotatable bonds is 12. The average molecular weight is 712 g/mol. The summed E-state index contributed by atoms with van der Waals surface area (Å²) in [5.41, 5.74) is 7.50. The smallest absolute Gasteiger partial charge is 0.315 e. The number of amides is 2. The van der Waals surface area contributed by atoms with Crippen LogP contribution in [0.3, 0.4) is 0 Å². The Labute approximate surface area is 308 Å². The van der Waals surface area contributed by atoms with Crippen LogP contribution >= 0.6 is 11.8 Å². The van der Waals surface area contributed by atoms with E-state index in [1.807, 2.05) is 140 Å². The molecule has 264 valence electrons. The number of oxazole rings is 1. The Balaban J connectivity index is 1.07. The van der Waals surface area contributed by atoms with Gasteiger partial charge in [0.1, 0.15) is 5.69 Å². The van der Waals surface area contributed by atoms with Crippen LogP contribution in [-0.4, -0.2) is 28.0 Å². The number of carbonyl (C=O) groups is 1. The lowest BCUT2D eigenvalue weighted by molar-refractivity contribution is -0.268. The monoisotopic (exact) mass is 711 g/mol. The Bertz CT molecular complexity index is 1970. The molecule has 5 aromatic carbocycles. The lowest BCUT2D eigenvalue weighted by Gasteiger charge is -2.41. The van der Waals surface area contributed by atoms with Crippen molar-refractivity contribution >= 4 is 17.8 Å². The van der Waals surface area contributed by atoms with Crippen molar-refractivity contribution in [2.75, 3.05) is 5.75 Å². The number of nitrogens with zero attached hydrogens (tertiary/aromatic N) is 1. The summed E-state index contributed by atoms with van der Waals surface area (Å²) < 4.78 is 19.8. The van der Waals surface area contributed by atoms with E-state index >= 15 is 0 Å². The highest BCUT2D eigenvalue weighted by Crippen LogP contribution is 2.44. The van der Waals surface area contributed by atoms with Gasteiger partial charge in [0.05, 0.1) is 18.8 Å². The molecule has 0 unspecified atom stereocenters. The molecule has 2 heterocycles. The Morgan fingerprint density at radius 1 is 0.692 bits per heavy atom. The molecular weight excluding hydrogens is 671 g/mol. The highest BCUT2D eigenvalue weighted by molar-refractivity contribution is 7.99. The normalized spacial score (nSPS) is 18.5. The third kappa shape index (κ3) is 8.63. The van der Waals surface area contributed by atoms with Gasteiger partial charge in [-0.3, -0.25) is 0 Å². The molecule has 4 atom stereocenters. The molecule has 3 N–H and O–H groups in total. The van der Waals surface area contributed by atoms with Crippen molar-refractivity contribution < 1.29 is 23.8 Å². The van der Waals surface area contributed by atoms with Crippen LogP contribution in [0.25, 0.3) is 22.6 Å². The minimum Gasteiger partial charge on any atom is -0.431 e. The number of aromatic nitrogens is 1. The first-order valence-corrected chi connectivity index (χ1v) is 18.4. The second-order valence-corrected chi connectivity index (χ2v) is 13.8. The molecule has 0 radical (unpaired) electrons. The molecular formula is C43H41N3O5S. The zero-order chi connectivity index (χ0) is 35.7. The maximum Gasteiger partial charge on any atom is 0.315 e. The van der Waals surface area contributed by atoms with E-state index in [4.69, 9.17) is 18.9 Å². The molecule has 9 heteroatoms. The summed E-state index contributed by atoms with van der Waals surface area (Å²) in [6, 6.07) is 45.5. The highest BCUT2D eigenvalue weighted by atomic mass is 32.2. The Kier molecular flexibility index (Phi) is 11.4. The van der Waals surface area contributed by atoms with E-state index < -0.39 is 6.29 Å². The van der Waals surface area contributed by atoms with Crippen LogP contribution in [0.4, 0.5) is 4.79 Å². The fourth-order valence-corrected chi connectivity index (χ4v) is 7.21. The SMILES string of the molecule is C[C@H]1[C@@H](CSc2nc(-c3ccccc3)c(-c3ccccc3)o2)O[C@@H](c2ccc(CNC(=O)NCc3ccccc3)cc2)O[C@H]1c1ccc(CO)cc1. The lowest BCUT2D eigenvalue weighted by Crippen LogP contribution is -2.38. The largest absolute Gasteiger partial charge is 0.431 e. The number of aliphatic hydroxyl groups is 1. The van der Waals surface area contributed by atoms with Gasteiger partial charge in [0, 0.05) is 41.5 Å². The summed E-state index contributed by atoms with van der Waals surface area (Å²) in [4.78, 5) is 17.4. The average Bonchev–Trinajstić information content (AvgIpc) is 3.65. The summed E-state index contributed by atoms with van der Waals surface area (Å²) in [6.45, 7) is 2.97. The van der Waals surface area contributed by atoms with E-state index in [0.29, 0.717) is 24.1 Å². The number of benzene rings is 5. The zero-order valence-corrected chi connectivity index (χ0v) is 29.7. The number of carbonyl (C=O) groups excluding carboxylic acids is 1. The number of aliphatic hydroxyl groups excluding tert-OH is 1. The van der Waals surface area contributed by atoms with Crippen molar-refractivity contribution in [2.24, 2.45) is 5.92 Å². The maximum absolute atomic E-state index is 12.4. The molecule has 1 aliphatic rings. The second-order valence-electron chi connectivity index (χ2n) is 12.8. The van der Waals surface area contributed by atoms with Gasteiger partial charge in [0.15, 0.2) is 12.1 Å². The second kappa shape index (κ2) is 16.9. The van der Waals surface area contributed by atoms with Crippen LogP contribution < -0.4 is 10.6 Å². The van der Waals surface area contributed by atoms with Crippen molar-refractivity contribution in [2.45, 2.75) is 50.3 Å². The predicted molar refractivity (Wildman–Crippen MR) is 203 cm³/mol. The fourth-order valence-electron chi connectivity index (χ4n) is 6.22. The number of nitrogens with one attached hydrogen (secondary N) is 2. The number of hydrogen-bond acceptors (Lipinski definition) is 7. The molecule has 1 aromatic heterocycles. The molecule has 2 amide bonds. The van der Waals surface area contributed by atoms with Gasteiger partial charge in [-0.05, 0) is 22.3 Å². The number of ether oxygens (including phenoxy) is 2. The first kappa shape index (κ1) is 35.2. The van der Waals surface area contributed by atoms with Crippen LogP contribution in [-0.2, 0) is 29.2 Å². The maximum atomic E-state index is 12.4. The molecule has 1 saturated heterocycles. The number of thioether (sulfide) groups is 1. The molecule has 0 spiro atoms. The summed E-state index contributed by atoms with van der Waals surface area (Å²) in [5, 5.41) is 16.0. The predicted octanol–water partition coefficient (Wildman–Crippen LogP) is 9.08. The fraction of sp³-hybridized carbons (Fsp3) is 0.209. The van der Waals surface area contributed by atoms with E-state index in [2.05, 4.69) is 17.6 Å². The van der Waals surface area contributed by atoms with Crippen LogP contribution in [0.1, 0.15) is 47.1 Å².